The Morgan fingerprint density at radius 3 is 2.67 bits per heavy atom. The number of hydrogen-bond acceptors (Lipinski definition) is 6. The Bertz CT molecular complexity index is 1120. The van der Waals surface area contributed by atoms with E-state index in [4.69, 9.17) is 9.47 Å². The van der Waals surface area contributed by atoms with Crippen molar-refractivity contribution < 1.29 is 9.47 Å². The highest BCUT2D eigenvalue weighted by atomic mass is 16.5. The monoisotopic (exact) mass is 448 g/mol. The Kier molecular flexibility index (Phi) is 8.80. The fraction of sp³-hybridized carbons (Fsp3) is 0.308. The van der Waals surface area contributed by atoms with Crippen molar-refractivity contribution in [1.82, 2.24) is 14.7 Å². The van der Waals surface area contributed by atoms with Crippen LogP contribution in [0.1, 0.15) is 18.1 Å². The summed E-state index contributed by atoms with van der Waals surface area (Å²) >= 11 is 0. The van der Waals surface area contributed by atoms with E-state index in [0.717, 1.165) is 34.6 Å². The zero-order valence-corrected chi connectivity index (χ0v) is 19.6. The Labute approximate surface area is 195 Å². The summed E-state index contributed by atoms with van der Waals surface area (Å²) in [6, 6.07) is 19.1. The molecule has 0 spiro atoms. The SMILES string of the molecule is C=C(Nc1cccc(Cn2nc(-c3cccc(COCCN(C)C)c3)ccc2=O)c1)OCC. The minimum absolute atomic E-state index is 0.154. The molecular formula is C26H32N4O3. The molecule has 0 amide bonds. The van der Waals surface area contributed by atoms with Crippen LogP contribution in [-0.2, 0) is 22.6 Å². The molecular weight excluding hydrogens is 416 g/mol. The standard InChI is InChI=1S/C26H32N4O3/c1-5-33-20(2)27-24-11-7-8-21(17-24)18-30-26(31)13-12-25(28-30)23-10-6-9-22(16-23)19-32-15-14-29(3)4/h6-13,16-17,27H,2,5,14-15,18-19H2,1,3-4H3. The molecule has 3 rings (SSSR count). The van der Waals surface area contributed by atoms with Gasteiger partial charge in [-0.2, -0.15) is 5.10 Å². The molecule has 0 fully saturated rings. The first-order valence-corrected chi connectivity index (χ1v) is 11.0. The Balaban J connectivity index is 1.73. The molecule has 0 aliphatic rings. The number of hydrogen-bond donors (Lipinski definition) is 1. The summed E-state index contributed by atoms with van der Waals surface area (Å²) in [5, 5.41) is 7.73. The van der Waals surface area contributed by atoms with E-state index in [1.165, 1.54) is 4.68 Å². The van der Waals surface area contributed by atoms with E-state index in [-0.39, 0.29) is 5.56 Å². The van der Waals surface area contributed by atoms with Crippen LogP contribution in [0.5, 0.6) is 0 Å². The highest BCUT2D eigenvalue weighted by Gasteiger charge is 2.07. The molecule has 1 N–H and O–H groups in total. The number of aromatic nitrogens is 2. The van der Waals surface area contributed by atoms with Crippen molar-refractivity contribution in [2.45, 2.75) is 20.1 Å². The number of ether oxygens (including phenoxy) is 2. The van der Waals surface area contributed by atoms with Crippen LogP contribution in [0, 0.1) is 0 Å². The van der Waals surface area contributed by atoms with Crippen molar-refractivity contribution in [3.05, 3.63) is 94.6 Å². The second-order valence-corrected chi connectivity index (χ2v) is 7.95. The van der Waals surface area contributed by atoms with Gasteiger partial charge in [-0.3, -0.25) is 4.79 Å². The molecule has 0 unspecified atom stereocenters. The van der Waals surface area contributed by atoms with Gasteiger partial charge in [0.05, 0.1) is 32.1 Å². The molecule has 1 heterocycles. The molecule has 0 aliphatic carbocycles. The number of likely N-dealkylation sites (N-methyl/N-ethyl adjacent to an activating group) is 1. The van der Waals surface area contributed by atoms with Crippen molar-refractivity contribution in [3.63, 3.8) is 0 Å². The first kappa shape index (κ1) is 24.2. The van der Waals surface area contributed by atoms with E-state index < -0.39 is 0 Å². The van der Waals surface area contributed by atoms with Crippen molar-refractivity contribution in [3.8, 4) is 11.3 Å². The van der Waals surface area contributed by atoms with E-state index in [2.05, 4.69) is 28.0 Å². The summed E-state index contributed by atoms with van der Waals surface area (Å²) in [5.74, 6) is 0.484. The van der Waals surface area contributed by atoms with Gasteiger partial charge in [0.2, 0.25) is 0 Å². The maximum atomic E-state index is 12.5. The summed E-state index contributed by atoms with van der Waals surface area (Å²) in [5.41, 5.74) is 4.39. The average Bonchev–Trinajstić information content (AvgIpc) is 2.79. The fourth-order valence-electron chi connectivity index (χ4n) is 3.27. The minimum atomic E-state index is -0.154. The summed E-state index contributed by atoms with van der Waals surface area (Å²) in [6.45, 7) is 8.73. The van der Waals surface area contributed by atoms with E-state index >= 15 is 0 Å². The van der Waals surface area contributed by atoms with Crippen LogP contribution in [-0.4, -0.2) is 48.5 Å². The molecule has 0 saturated carbocycles. The lowest BCUT2D eigenvalue weighted by atomic mass is 10.1. The number of nitrogens with zero attached hydrogens (tertiary/aromatic N) is 3. The molecule has 0 bridgehead atoms. The molecule has 0 saturated heterocycles. The van der Waals surface area contributed by atoms with Gasteiger partial charge in [0.1, 0.15) is 0 Å². The van der Waals surface area contributed by atoms with Gasteiger partial charge in [-0.25, -0.2) is 4.68 Å². The predicted octanol–water partition coefficient (Wildman–Crippen LogP) is 3.96. The van der Waals surface area contributed by atoms with Crippen molar-refractivity contribution in [2.24, 2.45) is 0 Å². The van der Waals surface area contributed by atoms with Gasteiger partial charge in [0, 0.05) is 23.9 Å². The van der Waals surface area contributed by atoms with Gasteiger partial charge >= 0.3 is 0 Å². The van der Waals surface area contributed by atoms with Crippen LogP contribution >= 0.6 is 0 Å². The number of anilines is 1. The molecule has 174 valence electrons. The van der Waals surface area contributed by atoms with Gasteiger partial charge < -0.3 is 19.7 Å². The van der Waals surface area contributed by atoms with Crippen LogP contribution in [0.25, 0.3) is 11.3 Å². The molecule has 0 atom stereocenters. The lowest BCUT2D eigenvalue weighted by Gasteiger charge is -2.12. The third-order valence-corrected chi connectivity index (χ3v) is 4.90. The fourth-order valence-corrected chi connectivity index (χ4v) is 3.27. The van der Waals surface area contributed by atoms with E-state index in [0.29, 0.717) is 32.2 Å². The predicted molar refractivity (Wildman–Crippen MR) is 132 cm³/mol. The van der Waals surface area contributed by atoms with Gasteiger partial charge in [0.25, 0.3) is 5.56 Å². The van der Waals surface area contributed by atoms with E-state index in [9.17, 15) is 4.79 Å². The van der Waals surface area contributed by atoms with E-state index in [1.54, 1.807) is 12.1 Å². The number of rotatable bonds is 12. The van der Waals surface area contributed by atoms with Crippen LogP contribution in [0.15, 0.2) is 77.9 Å². The Morgan fingerprint density at radius 1 is 1.09 bits per heavy atom. The maximum absolute atomic E-state index is 12.5. The molecule has 33 heavy (non-hydrogen) atoms. The van der Waals surface area contributed by atoms with Crippen molar-refractivity contribution in [1.29, 1.82) is 0 Å². The summed E-state index contributed by atoms with van der Waals surface area (Å²) in [7, 11) is 4.05. The molecule has 1 aromatic heterocycles. The first-order chi connectivity index (χ1) is 15.9. The number of nitrogens with one attached hydrogen (secondary N) is 1. The van der Waals surface area contributed by atoms with Gasteiger partial charge in [-0.15, -0.1) is 0 Å². The summed E-state index contributed by atoms with van der Waals surface area (Å²) in [4.78, 5) is 14.6. The third-order valence-electron chi connectivity index (χ3n) is 4.90. The van der Waals surface area contributed by atoms with Crippen LogP contribution in [0.3, 0.4) is 0 Å². The lowest BCUT2D eigenvalue weighted by molar-refractivity contribution is 0.105. The van der Waals surface area contributed by atoms with Crippen molar-refractivity contribution in [2.75, 3.05) is 39.2 Å². The Hall–Kier alpha value is -3.42. The molecule has 0 aliphatic heterocycles. The maximum Gasteiger partial charge on any atom is 0.267 e. The third kappa shape index (κ3) is 7.59. The van der Waals surface area contributed by atoms with Crippen molar-refractivity contribution >= 4 is 5.69 Å². The largest absolute Gasteiger partial charge is 0.480 e. The highest BCUT2D eigenvalue weighted by Crippen LogP contribution is 2.18. The first-order valence-electron chi connectivity index (χ1n) is 11.0. The average molecular weight is 449 g/mol. The van der Waals surface area contributed by atoms with E-state index in [1.807, 2.05) is 63.5 Å². The molecule has 2 aromatic carbocycles. The highest BCUT2D eigenvalue weighted by molar-refractivity contribution is 5.59. The van der Waals surface area contributed by atoms with Crippen LogP contribution in [0.4, 0.5) is 5.69 Å². The van der Waals surface area contributed by atoms with Gasteiger partial charge in [-0.1, -0.05) is 30.3 Å². The topological polar surface area (TPSA) is 68.6 Å². The molecule has 7 nitrogen and oxygen atoms in total. The van der Waals surface area contributed by atoms with Crippen LogP contribution < -0.4 is 10.9 Å². The normalized spacial score (nSPS) is 10.9. The minimum Gasteiger partial charge on any atom is -0.480 e. The molecule has 3 aromatic rings. The quantitative estimate of drug-likeness (QED) is 0.334. The smallest absolute Gasteiger partial charge is 0.267 e. The van der Waals surface area contributed by atoms with Crippen LogP contribution in [0.2, 0.25) is 0 Å². The second kappa shape index (κ2) is 12.0. The zero-order chi connectivity index (χ0) is 23.6. The molecule has 7 heteroatoms. The summed E-state index contributed by atoms with van der Waals surface area (Å²) < 4.78 is 12.6. The summed E-state index contributed by atoms with van der Waals surface area (Å²) in [6.07, 6.45) is 0. The number of benzene rings is 2. The second-order valence-electron chi connectivity index (χ2n) is 7.95. The van der Waals surface area contributed by atoms with Gasteiger partial charge in [0.15, 0.2) is 5.88 Å². The zero-order valence-electron chi connectivity index (χ0n) is 19.6. The molecule has 0 radical (unpaired) electrons. The van der Waals surface area contributed by atoms with Gasteiger partial charge in [-0.05, 0) is 63.0 Å². The Morgan fingerprint density at radius 2 is 1.88 bits per heavy atom. The lowest BCUT2D eigenvalue weighted by Crippen LogP contribution is -2.22.